The number of aromatic nitrogens is 4. The quantitative estimate of drug-likeness (QED) is 0.379. The molecule has 8 heteroatoms. The second-order valence-corrected chi connectivity index (χ2v) is 8.24. The Morgan fingerprint density at radius 3 is 2.62 bits per heavy atom. The van der Waals surface area contributed by atoms with Crippen LogP contribution in [0.4, 0.5) is 0 Å². The van der Waals surface area contributed by atoms with Gasteiger partial charge in [-0.3, -0.25) is 4.79 Å². The Morgan fingerprint density at radius 2 is 1.88 bits per heavy atom. The first kappa shape index (κ1) is 23.0. The average Bonchev–Trinajstić information content (AvgIpc) is 3.33. The summed E-state index contributed by atoms with van der Waals surface area (Å²) in [5.74, 6) is 0.550. The van der Waals surface area contributed by atoms with Crippen LogP contribution >= 0.6 is 0 Å². The fourth-order valence-corrected chi connectivity index (χ4v) is 3.64. The predicted molar refractivity (Wildman–Crippen MR) is 131 cm³/mol. The molecule has 0 spiro atoms. The zero-order valence-electron chi connectivity index (χ0n) is 19.5. The van der Waals surface area contributed by atoms with E-state index in [1.54, 1.807) is 42.5 Å². The number of pyridine rings is 2. The summed E-state index contributed by atoms with van der Waals surface area (Å²) in [7, 11) is 5.77. The maximum absolute atomic E-state index is 12.5. The van der Waals surface area contributed by atoms with Gasteiger partial charge in [-0.05, 0) is 44.3 Å². The van der Waals surface area contributed by atoms with E-state index in [1.165, 1.54) is 4.57 Å². The van der Waals surface area contributed by atoms with E-state index in [0.717, 1.165) is 35.2 Å². The van der Waals surface area contributed by atoms with Crippen molar-refractivity contribution in [2.45, 2.75) is 6.42 Å². The Kier molecular flexibility index (Phi) is 6.85. The van der Waals surface area contributed by atoms with E-state index < -0.39 is 0 Å². The van der Waals surface area contributed by atoms with Gasteiger partial charge in [0.15, 0.2) is 0 Å². The highest BCUT2D eigenvalue weighted by Gasteiger charge is 2.14. The third kappa shape index (κ3) is 5.05. The third-order valence-electron chi connectivity index (χ3n) is 5.44. The molecule has 0 aliphatic heterocycles. The van der Waals surface area contributed by atoms with E-state index in [-0.39, 0.29) is 5.56 Å². The standard InChI is InChI=1S/C26H26N6O2/c1-30(2)11-6-12-34-25-10-9-20(15-28-25)22-13-26(33)31(3)18-23(22)21-16-29-32(17-21)24-8-5-4-7-19(24)14-27/h4-5,7-10,13,15-18H,6,11-12H2,1-3H3. The van der Waals surface area contributed by atoms with Crippen molar-refractivity contribution < 1.29 is 4.74 Å². The molecule has 0 aliphatic rings. The molecule has 0 N–H and O–H groups in total. The maximum atomic E-state index is 12.5. The molecule has 0 radical (unpaired) electrons. The molecule has 8 nitrogen and oxygen atoms in total. The van der Waals surface area contributed by atoms with Gasteiger partial charge in [-0.25, -0.2) is 9.67 Å². The highest BCUT2D eigenvalue weighted by molar-refractivity contribution is 5.82. The summed E-state index contributed by atoms with van der Waals surface area (Å²) in [5.41, 5.74) is 4.32. The van der Waals surface area contributed by atoms with Gasteiger partial charge >= 0.3 is 0 Å². The number of nitrogens with zero attached hydrogens (tertiary/aromatic N) is 6. The molecular weight excluding hydrogens is 428 g/mol. The van der Waals surface area contributed by atoms with Gasteiger partial charge in [0.05, 0.1) is 24.1 Å². The Morgan fingerprint density at radius 1 is 1.06 bits per heavy atom. The average molecular weight is 455 g/mol. The van der Waals surface area contributed by atoms with Gasteiger partial charge in [0.25, 0.3) is 5.56 Å². The SMILES string of the molecule is CN(C)CCCOc1ccc(-c2cc(=O)n(C)cc2-c2cnn(-c3ccccc3C#N)c2)cn1. The van der Waals surface area contributed by atoms with Crippen LogP contribution in [0.2, 0.25) is 0 Å². The van der Waals surface area contributed by atoms with Crippen molar-refractivity contribution in [3.8, 4) is 39.9 Å². The molecule has 0 unspecified atom stereocenters. The topological polar surface area (TPSA) is 89.0 Å². The number of aryl methyl sites for hydroxylation is 1. The van der Waals surface area contributed by atoms with Gasteiger partial charge < -0.3 is 14.2 Å². The zero-order chi connectivity index (χ0) is 24.1. The highest BCUT2D eigenvalue weighted by Crippen LogP contribution is 2.31. The van der Waals surface area contributed by atoms with Crippen molar-refractivity contribution in [2.75, 3.05) is 27.2 Å². The lowest BCUT2D eigenvalue weighted by molar-refractivity contribution is 0.273. The minimum atomic E-state index is -0.120. The van der Waals surface area contributed by atoms with Crippen LogP contribution in [0, 0.1) is 11.3 Å². The lowest BCUT2D eigenvalue weighted by Crippen LogP contribution is -2.16. The Hall–Kier alpha value is -4.22. The monoisotopic (exact) mass is 454 g/mol. The van der Waals surface area contributed by atoms with E-state index >= 15 is 0 Å². The van der Waals surface area contributed by atoms with Crippen LogP contribution in [0.3, 0.4) is 0 Å². The second-order valence-electron chi connectivity index (χ2n) is 8.24. The summed E-state index contributed by atoms with van der Waals surface area (Å²) in [4.78, 5) is 19.0. The molecule has 34 heavy (non-hydrogen) atoms. The molecule has 3 heterocycles. The Bertz CT molecular complexity index is 1380. The molecule has 4 aromatic rings. The van der Waals surface area contributed by atoms with Crippen LogP contribution in [0.15, 0.2) is 72.0 Å². The largest absolute Gasteiger partial charge is 0.478 e. The van der Waals surface area contributed by atoms with Crippen LogP contribution in [-0.4, -0.2) is 51.5 Å². The van der Waals surface area contributed by atoms with Crippen molar-refractivity contribution in [2.24, 2.45) is 7.05 Å². The number of hydrogen-bond acceptors (Lipinski definition) is 6. The molecule has 0 amide bonds. The predicted octanol–water partition coefficient (Wildman–Crippen LogP) is 3.50. The number of para-hydroxylation sites is 1. The van der Waals surface area contributed by atoms with Gasteiger partial charge in [0.2, 0.25) is 5.88 Å². The minimum absolute atomic E-state index is 0.120. The summed E-state index contributed by atoms with van der Waals surface area (Å²) >= 11 is 0. The fraction of sp³-hybridized carbons (Fsp3) is 0.231. The number of ether oxygens (including phenoxy) is 1. The Labute approximate surface area is 198 Å². The molecule has 0 bridgehead atoms. The lowest BCUT2D eigenvalue weighted by Gasteiger charge is -2.12. The first-order valence-electron chi connectivity index (χ1n) is 11.0. The van der Waals surface area contributed by atoms with Crippen LogP contribution in [0.25, 0.3) is 27.9 Å². The highest BCUT2D eigenvalue weighted by atomic mass is 16.5. The van der Waals surface area contributed by atoms with Crippen LogP contribution < -0.4 is 10.3 Å². The lowest BCUT2D eigenvalue weighted by atomic mass is 9.99. The summed E-state index contributed by atoms with van der Waals surface area (Å²) < 4.78 is 8.94. The minimum Gasteiger partial charge on any atom is -0.478 e. The molecule has 1 aromatic carbocycles. The number of rotatable bonds is 8. The molecular formula is C26H26N6O2. The Balaban J connectivity index is 1.65. The molecule has 0 saturated carbocycles. The second kappa shape index (κ2) is 10.1. The molecule has 4 rings (SSSR count). The summed E-state index contributed by atoms with van der Waals surface area (Å²) in [5, 5.41) is 13.9. The molecule has 172 valence electrons. The summed E-state index contributed by atoms with van der Waals surface area (Å²) in [6, 6.07) is 14.8. The van der Waals surface area contributed by atoms with Crippen molar-refractivity contribution >= 4 is 0 Å². The molecule has 0 atom stereocenters. The van der Waals surface area contributed by atoms with Crippen molar-refractivity contribution in [1.82, 2.24) is 24.2 Å². The summed E-state index contributed by atoms with van der Waals surface area (Å²) in [6.45, 7) is 1.53. The third-order valence-corrected chi connectivity index (χ3v) is 5.44. The van der Waals surface area contributed by atoms with E-state index in [0.29, 0.717) is 23.7 Å². The fourth-order valence-electron chi connectivity index (χ4n) is 3.64. The summed E-state index contributed by atoms with van der Waals surface area (Å²) in [6.07, 6.45) is 8.01. The molecule has 3 aromatic heterocycles. The van der Waals surface area contributed by atoms with Gasteiger partial charge in [-0.15, -0.1) is 0 Å². The van der Waals surface area contributed by atoms with E-state index in [9.17, 15) is 10.1 Å². The van der Waals surface area contributed by atoms with Gasteiger partial charge in [-0.2, -0.15) is 10.4 Å². The maximum Gasteiger partial charge on any atom is 0.250 e. The van der Waals surface area contributed by atoms with Crippen molar-refractivity contribution in [3.05, 3.63) is 83.2 Å². The van der Waals surface area contributed by atoms with Crippen molar-refractivity contribution in [1.29, 1.82) is 5.26 Å². The number of benzene rings is 1. The van der Waals surface area contributed by atoms with Gasteiger partial charge in [0, 0.05) is 61.0 Å². The molecule has 0 fully saturated rings. The van der Waals surface area contributed by atoms with E-state index in [2.05, 4.69) is 21.1 Å². The van der Waals surface area contributed by atoms with Gasteiger partial charge in [0.1, 0.15) is 6.07 Å². The smallest absolute Gasteiger partial charge is 0.250 e. The number of hydrogen-bond donors (Lipinski definition) is 0. The first-order chi connectivity index (χ1) is 16.5. The molecule has 0 saturated heterocycles. The van der Waals surface area contributed by atoms with Crippen molar-refractivity contribution in [3.63, 3.8) is 0 Å². The zero-order valence-corrected chi connectivity index (χ0v) is 19.5. The molecule has 0 aliphatic carbocycles. The van der Waals surface area contributed by atoms with Crippen LogP contribution in [0.5, 0.6) is 5.88 Å². The first-order valence-corrected chi connectivity index (χ1v) is 11.0. The van der Waals surface area contributed by atoms with Crippen LogP contribution in [0.1, 0.15) is 12.0 Å². The normalized spacial score (nSPS) is 10.9. The van der Waals surface area contributed by atoms with Gasteiger partial charge in [-0.1, -0.05) is 12.1 Å². The van der Waals surface area contributed by atoms with Crippen LogP contribution in [-0.2, 0) is 7.05 Å². The number of nitriles is 1. The van der Waals surface area contributed by atoms with E-state index in [4.69, 9.17) is 4.74 Å². The van der Waals surface area contributed by atoms with E-state index in [1.807, 2.05) is 50.6 Å².